The standard InChI is InChI=1S/C54H38N4/c1-6-20-39(21-7-1)55(44-34-35-51-48(36-44)46-30-16-18-32-49(46)57(51)42-26-12-4-13-27-42)45-37-52(56(40-22-8-2-9-23-40)41-24-10-3-11-25-41)54-47-31-17-19-33-50(47)58(53(54)38-45)43-28-14-5-15-29-43/h1-38H. The highest BCUT2D eigenvalue weighted by atomic mass is 15.2. The summed E-state index contributed by atoms with van der Waals surface area (Å²) in [5.41, 5.74) is 13.4. The molecule has 0 aliphatic rings. The molecule has 0 bridgehead atoms. The van der Waals surface area contributed by atoms with Crippen molar-refractivity contribution in [2.24, 2.45) is 0 Å². The first-order valence-electron chi connectivity index (χ1n) is 19.8. The third-order valence-corrected chi connectivity index (χ3v) is 11.2. The van der Waals surface area contributed by atoms with E-state index in [1.807, 2.05) is 0 Å². The molecule has 4 heteroatoms. The van der Waals surface area contributed by atoms with Gasteiger partial charge in [0.05, 0.1) is 33.4 Å². The van der Waals surface area contributed by atoms with Crippen molar-refractivity contribution in [1.82, 2.24) is 9.13 Å². The van der Waals surface area contributed by atoms with Crippen LogP contribution in [0.4, 0.5) is 34.1 Å². The fraction of sp³-hybridized carbons (Fsp3) is 0. The number of hydrogen-bond donors (Lipinski definition) is 0. The first kappa shape index (κ1) is 33.5. The van der Waals surface area contributed by atoms with Crippen LogP contribution in [0.5, 0.6) is 0 Å². The van der Waals surface area contributed by atoms with E-state index in [1.165, 1.54) is 32.6 Å². The third-order valence-electron chi connectivity index (χ3n) is 11.2. The van der Waals surface area contributed by atoms with Crippen LogP contribution in [-0.2, 0) is 0 Å². The summed E-state index contributed by atoms with van der Waals surface area (Å²) in [6.07, 6.45) is 0. The second-order valence-electron chi connectivity index (χ2n) is 14.6. The molecule has 11 rings (SSSR count). The van der Waals surface area contributed by atoms with Crippen LogP contribution in [0.15, 0.2) is 231 Å². The summed E-state index contributed by atoms with van der Waals surface area (Å²) in [5.74, 6) is 0. The molecule has 0 atom stereocenters. The minimum atomic E-state index is 1.05. The molecule has 0 saturated carbocycles. The SMILES string of the molecule is c1ccc(N(c2ccc3c(c2)c2ccccc2n3-c2ccccc2)c2cc(N(c3ccccc3)c3ccccc3)c3c4ccccc4n(-c4ccccc4)c3c2)cc1. The minimum absolute atomic E-state index is 1.05. The van der Waals surface area contributed by atoms with Crippen molar-refractivity contribution in [2.45, 2.75) is 0 Å². The molecule has 0 fully saturated rings. The second-order valence-corrected chi connectivity index (χ2v) is 14.6. The van der Waals surface area contributed by atoms with E-state index < -0.39 is 0 Å². The van der Waals surface area contributed by atoms with E-state index in [-0.39, 0.29) is 0 Å². The normalized spacial score (nSPS) is 11.4. The quantitative estimate of drug-likeness (QED) is 0.154. The molecule has 2 heterocycles. The number of aromatic nitrogens is 2. The van der Waals surface area contributed by atoms with E-state index in [2.05, 4.69) is 249 Å². The van der Waals surface area contributed by atoms with Crippen LogP contribution in [0, 0.1) is 0 Å². The zero-order valence-corrected chi connectivity index (χ0v) is 31.7. The van der Waals surface area contributed by atoms with E-state index in [9.17, 15) is 0 Å². The van der Waals surface area contributed by atoms with Crippen molar-refractivity contribution in [2.75, 3.05) is 9.80 Å². The van der Waals surface area contributed by atoms with E-state index in [1.54, 1.807) is 0 Å². The molecular weight excluding hydrogens is 705 g/mol. The smallest absolute Gasteiger partial charge is 0.0583 e. The highest BCUT2D eigenvalue weighted by Gasteiger charge is 2.25. The van der Waals surface area contributed by atoms with Gasteiger partial charge in [-0.25, -0.2) is 0 Å². The van der Waals surface area contributed by atoms with Gasteiger partial charge in [0, 0.05) is 55.7 Å². The van der Waals surface area contributed by atoms with Gasteiger partial charge in [-0.05, 0) is 103 Å². The predicted octanol–water partition coefficient (Wildman–Crippen LogP) is 14.8. The van der Waals surface area contributed by atoms with Gasteiger partial charge < -0.3 is 18.9 Å². The number of benzene rings is 9. The molecule has 4 nitrogen and oxygen atoms in total. The molecule has 58 heavy (non-hydrogen) atoms. The van der Waals surface area contributed by atoms with Gasteiger partial charge >= 0.3 is 0 Å². The van der Waals surface area contributed by atoms with Gasteiger partial charge in [-0.3, -0.25) is 0 Å². The minimum Gasteiger partial charge on any atom is -0.310 e. The number of para-hydroxylation sites is 7. The van der Waals surface area contributed by atoms with Crippen molar-refractivity contribution in [3.63, 3.8) is 0 Å². The Bertz CT molecular complexity index is 3170. The molecule has 0 aliphatic carbocycles. The summed E-state index contributed by atoms with van der Waals surface area (Å²) in [7, 11) is 0. The molecule has 0 radical (unpaired) electrons. The van der Waals surface area contributed by atoms with Gasteiger partial charge in [-0.1, -0.05) is 127 Å². The fourth-order valence-corrected chi connectivity index (χ4v) is 8.78. The molecular formula is C54H38N4. The highest BCUT2D eigenvalue weighted by Crippen LogP contribution is 2.48. The van der Waals surface area contributed by atoms with Crippen molar-refractivity contribution in [1.29, 1.82) is 0 Å². The summed E-state index contributed by atoms with van der Waals surface area (Å²) < 4.78 is 4.80. The van der Waals surface area contributed by atoms with Crippen LogP contribution in [-0.4, -0.2) is 9.13 Å². The lowest BCUT2D eigenvalue weighted by Gasteiger charge is -2.30. The third kappa shape index (κ3) is 5.54. The lowest BCUT2D eigenvalue weighted by Crippen LogP contribution is -2.14. The van der Waals surface area contributed by atoms with Crippen LogP contribution < -0.4 is 9.80 Å². The summed E-state index contributed by atoms with van der Waals surface area (Å²) in [4.78, 5) is 4.83. The summed E-state index contributed by atoms with van der Waals surface area (Å²) >= 11 is 0. The van der Waals surface area contributed by atoms with Gasteiger partial charge in [0.15, 0.2) is 0 Å². The van der Waals surface area contributed by atoms with Crippen LogP contribution in [0.2, 0.25) is 0 Å². The molecule has 9 aromatic carbocycles. The number of hydrogen-bond acceptors (Lipinski definition) is 2. The van der Waals surface area contributed by atoms with E-state index in [0.29, 0.717) is 0 Å². The highest BCUT2D eigenvalue weighted by molar-refractivity contribution is 6.18. The van der Waals surface area contributed by atoms with Gasteiger partial charge in [-0.15, -0.1) is 0 Å². The van der Waals surface area contributed by atoms with Crippen LogP contribution >= 0.6 is 0 Å². The number of anilines is 6. The van der Waals surface area contributed by atoms with Gasteiger partial charge in [0.2, 0.25) is 0 Å². The predicted molar refractivity (Wildman–Crippen MR) is 244 cm³/mol. The number of fused-ring (bicyclic) bond motifs is 6. The summed E-state index contributed by atoms with van der Waals surface area (Å²) in [6, 6.07) is 82.9. The summed E-state index contributed by atoms with van der Waals surface area (Å²) in [6.45, 7) is 0. The molecule has 0 spiro atoms. The molecule has 0 N–H and O–H groups in total. The maximum Gasteiger partial charge on any atom is 0.0583 e. The Morgan fingerprint density at radius 1 is 0.259 bits per heavy atom. The fourth-order valence-electron chi connectivity index (χ4n) is 8.78. The zero-order valence-electron chi connectivity index (χ0n) is 31.7. The Morgan fingerprint density at radius 2 is 0.690 bits per heavy atom. The summed E-state index contributed by atoms with van der Waals surface area (Å²) in [5, 5.41) is 4.80. The Hall–Kier alpha value is -7.82. The van der Waals surface area contributed by atoms with Crippen LogP contribution in [0.25, 0.3) is 55.0 Å². The second kappa shape index (κ2) is 14.0. The first-order chi connectivity index (χ1) is 28.8. The Labute approximate surface area is 337 Å². The molecule has 11 aromatic rings. The van der Waals surface area contributed by atoms with Crippen LogP contribution in [0.3, 0.4) is 0 Å². The molecule has 0 amide bonds. The average molecular weight is 743 g/mol. The topological polar surface area (TPSA) is 16.3 Å². The van der Waals surface area contributed by atoms with Gasteiger partial charge in [0.25, 0.3) is 0 Å². The first-order valence-corrected chi connectivity index (χ1v) is 19.8. The van der Waals surface area contributed by atoms with Crippen LogP contribution in [0.1, 0.15) is 0 Å². The van der Waals surface area contributed by atoms with E-state index >= 15 is 0 Å². The monoisotopic (exact) mass is 742 g/mol. The van der Waals surface area contributed by atoms with Crippen molar-refractivity contribution in [3.8, 4) is 11.4 Å². The Kier molecular flexibility index (Phi) is 8.11. The lowest BCUT2D eigenvalue weighted by molar-refractivity contribution is 1.17. The number of nitrogens with zero attached hydrogens (tertiary/aromatic N) is 4. The molecule has 0 aliphatic heterocycles. The maximum absolute atomic E-state index is 2.42. The Morgan fingerprint density at radius 3 is 1.26 bits per heavy atom. The number of rotatable bonds is 8. The van der Waals surface area contributed by atoms with Crippen molar-refractivity contribution >= 4 is 77.7 Å². The average Bonchev–Trinajstić information content (AvgIpc) is 3.81. The molecule has 274 valence electrons. The van der Waals surface area contributed by atoms with Gasteiger partial charge in [0.1, 0.15) is 0 Å². The Balaban J connectivity index is 1.25. The van der Waals surface area contributed by atoms with E-state index in [0.717, 1.165) is 56.5 Å². The molecule has 2 aromatic heterocycles. The zero-order chi connectivity index (χ0) is 38.4. The van der Waals surface area contributed by atoms with E-state index in [4.69, 9.17) is 0 Å². The van der Waals surface area contributed by atoms with Gasteiger partial charge in [-0.2, -0.15) is 0 Å². The largest absolute Gasteiger partial charge is 0.310 e. The van der Waals surface area contributed by atoms with Crippen molar-refractivity contribution < 1.29 is 0 Å². The lowest BCUT2D eigenvalue weighted by atomic mass is 10.0. The van der Waals surface area contributed by atoms with Crippen molar-refractivity contribution in [3.05, 3.63) is 231 Å². The maximum atomic E-state index is 2.42. The molecule has 0 unspecified atom stereocenters. The molecule has 0 saturated heterocycles.